The Morgan fingerprint density at radius 2 is 1.59 bits per heavy atom. The molecule has 3 unspecified atom stereocenters. The summed E-state index contributed by atoms with van der Waals surface area (Å²) in [4.78, 5) is 128. The zero-order valence-electron chi connectivity index (χ0n) is 35.2. The van der Waals surface area contributed by atoms with Gasteiger partial charge in [-0.1, -0.05) is 27.2 Å². The van der Waals surface area contributed by atoms with E-state index in [0.717, 1.165) is 16.7 Å². The van der Waals surface area contributed by atoms with Crippen molar-refractivity contribution in [3.05, 3.63) is 23.8 Å². The molecule has 7 amide bonds. The van der Waals surface area contributed by atoms with E-state index in [0.29, 0.717) is 27.9 Å². The largest absolute Gasteiger partial charge is 0.508 e. The lowest BCUT2D eigenvalue weighted by atomic mass is 9.85. The normalized spacial score (nSPS) is 27.8. The standard InChI is InChI=1S/C41H56N8O13S/c1-4-18(2)35-39(61)44-13-33(57)45-27-17-63-40-25(24-6-5-22(51)11-26(24)46-40)7-20(37(59)43-14-34(58)47-35)8-30(54)36(19(3)31(55)16-50)48-38(60)28-12-23(52)15-49(28)41(62)21(9-29(27)53)10-32(42)56/h5-6,11,18-21,23,27-28,31,35-36,46,50-52,55H,4,7-10,12-17H2,1-3H3,(H2,42,56)(H,43,59)(H,44,61)(H,45,57)(H,47,58)(H,48,60)/t18-,19-,20?,21-,23?,27?,28-,31-,35-,36-/m0/s1. The summed E-state index contributed by atoms with van der Waals surface area (Å²) >= 11 is 1.02. The van der Waals surface area contributed by atoms with Crippen LogP contribution < -0.4 is 32.3 Å². The van der Waals surface area contributed by atoms with E-state index in [9.17, 15) is 63.6 Å². The highest BCUT2D eigenvalue weighted by Crippen LogP contribution is 2.35. The third-order valence-corrected chi connectivity index (χ3v) is 13.1. The number of nitrogens with two attached hydrogens (primary N) is 1. The van der Waals surface area contributed by atoms with Crippen LogP contribution in [-0.4, -0.2) is 152 Å². The highest BCUT2D eigenvalue weighted by Gasteiger charge is 2.45. The molecule has 0 aliphatic carbocycles. The maximum absolute atomic E-state index is 14.5. The number of thioether (sulfide) groups is 1. The number of ketones is 2. The van der Waals surface area contributed by atoms with E-state index in [1.54, 1.807) is 19.9 Å². The van der Waals surface area contributed by atoms with Crippen LogP contribution in [0.4, 0.5) is 0 Å². The minimum absolute atomic E-state index is 0.121. The lowest BCUT2D eigenvalue weighted by molar-refractivity contribution is -0.145. The molecule has 63 heavy (non-hydrogen) atoms. The van der Waals surface area contributed by atoms with E-state index in [-0.39, 0.29) is 24.3 Å². The third-order valence-electron chi connectivity index (χ3n) is 12.0. The molecule has 3 aliphatic rings. The number of hydrogen-bond donors (Lipinski definition) is 11. The Morgan fingerprint density at radius 3 is 2.25 bits per heavy atom. The van der Waals surface area contributed by atoms with E-state index in [4.69, 9.17) is 5.73 Å². The van der Waals surface area contributed by atoms with Gasteiger partial charge in [0.1, 0.15) is 17.8 Å². The Balaban J connectivity index is 1.70. The fraction of sp³-hybridized carbons (Fsp3) is 0.585. The number of carbonyl (C=O) groups is 9. The first kappa shape index (κ1) is 48.5. The second-order valence-electron chi connectivity index (χ2n) is 16.6. The minimum atomic E-state index is -1.59. The third kappa shape index (κ3) is 11.9. The number of Topliss-reactive ketones (excluding diaryl/α,β-unsaturated/α-hetero) is 2. The number of primary amides is 1. The Labute approximate surface area is 366 Å². The minimum Gasteiger partial charge on any atom is -0.508 e. The lowest BCUT2D eigenvalue weighted by Gasteiger charge is -2.32. The summed E-state index contributed by atoms with van der Waals surface area (Å²) in [7, 11) is 0. The molecule has 12 N–H and O–H groups in total. The summed E-state index contributed by atoms with van der Waals surface area (Å²) in [6.07, 6.45) is -4.91. The van der Waals surface area contributed by atoms with Gasteiger partial charge in [0.05, 0.1) is 60.4 Å². The molecule has 1 saturated heterocycles. The maximum Gasteiger partial charge on any atom is 0.243 e. The fourth-order valence-electron chi connectivity index (χ4n) is 8.12. The summed E-state index contributed by atoms with van der Waals surface area (Å²) in [5, 5.41) is 55.4. The number of aliphatic hydroxyl groups excluding tert-OH is 3. The molecule has 3 aliphatic heterocycles. The quantitative estimate of drug-likeness (QED) is 0.134. The monoisotopic (exact) mass is 900 g/mol. The Bertz CT molecular complexity index is 2110. The van der Waals surface area contributed by atoms with E-state index in [1.165, 1.54) is 19.1 Å². The van der Waals surface area contributed by atoms with Gasteiger partial charge in [0, 0.05) is 61.3 Å². The number of nitrogens with one attached hydrogen (secondary N) is 6. The molecule has 2 bridgehead atoms. The van der Waals surface area contributed by atoms with Gasteiger partial charge in [-0.2, -0.15) is 0 Å². The highest BCUT2D eigenvalue weighted by atomic mass is 32.2. The number of phenols is 1. The Hall–Kier alpha value is -5.58. The van der Waals surface area contributed by atoms with Crippen molar-refractivity contribution in [1.29, 1.82) is 0 Å². The molecule has 0 saturated carbocycles. The Morgan fingerprint density at radius 1 is 0.905 bits per heavy atom. The van der Waals surface area contributed by atoms with Crippen LogP contribution >= 0.6 is 11.8 Å². The first-order chi connectivity index (χ1) is 29.8. The fourth-order valence-corrected chi connectivity index (χ4v) is 9.27. The van der Waals surface area contributed by atoms with Crippen LogP contribution in [0.25, 0.3) is 10.9 Å². The first-order valence-electron chi connectivity index (χ1n) is 20.8. The van der Waals surface area contributed by atoms with Crippen LogP contribution in [0.1, 0.15) is 58.4 Å². The molecule has 4 heterocycles. The second-order valence-corrected chi connectivity index (χ2v) is 17.6. The number of aromatic nitrogens is 1. The Kier molecular flexibility index (Phi) is 16.3. The van der Waals surface area contributed by atoms with Crippen molar-refractivity contribution in [2.75, 3.05) is 32.0 Å². The van der Waals surface area contributed by atoms with Gasteiger partial charge in [-0.05, 0) is 30.0 Å². The smallest absolute Gasteiger partial charge is 0.243 e. The van der Waals surface area contributed by atoms with Crippen LogP contribution in [0.2, 0.25) is 0 Å². The van der Waals surface area contributed by atoms with Crippen molar-refractivity contribution < 1.29 is 63.6 Å². The molecular weight excluding hydrogens is 845 g/mol. The predicted molar refractivity (Wildman–Crippen MR) is 224 cm³/mol. The first-order valence-corrected chi connectivity index (χ1v) is 21.8. The number of H-pyrrole nitrogens is 1. The van der Waals surface area contributed by atoms with Crippen LogP contribution in [0.5, 0.6) is 5.75 Å². The van der Waals surface area contributed by atoms with Crippen molar-refractivity contribution in [2.24, 2.45) is 29.4 Å². The number of carbonyl (C=O) groups excluding carboxylic acids is 9. The highest BCUT2D eigenvalue weighted by molar-refractivity contribution is 7.99. The molecule has 21 nitrogen and oxygen atoms in total. The summed E-state index contributed by atoms with van der Waals surface area (Å²) in [5.74, 6) is -12.2. The molecule has 1 fully saturated rings. The summed E-state index contributed by atoms with van der Waals surface area (Å²) in [6.45, 7) is 2.34. The molecule has 0 radical (unpaired) electrons. The van der Waals surface area contributed by atoms with Crippen molar-refractivity contribution in [1.82, 2.24) is 36.5 Å². The molecular formula is C41H56N8O13S. The maximum atomic E-state index is 14.5. The van der Waals surface area contributed by atoms with Gasteiger partial charge in [-0.25, -0.2) is 0 Å². The van der Waals surface area contributed by atoms with E-state index in [1.807, 2.05) is 0 Å². The van der Waals surface area contributed by atoms with Crippen molar-refractivity contribution in [3.8, 4) is 5.75 Å². The number of hydrogen-bond acceptors (Lipinski definition) is 14. The number of aliphatic hydroxyl groups is 3. The molecule has 2 aromatic rings. The zero-order chi connectivity index (χ0) is 46.3. The van der Waals surface area contributed by atoms with E-state index in [2.05, 4.69) is 31.6 Å². The van der Waals surface area contributed by atoms with Crippen LogP contribution in [-0.2, 0) is 49.6 Å². The predicted octanol–water partition coefficient (Wildman–Crippen LogP) is -2.75. The number of rotatable bonds is 7. The number of aromatic hydroxyl groups is 1. The van der Waals surface area contributed by atoms with E-state index >= 15 is 0 Å². The number of fused-ring (bicyclic) bond motifs is 5. The number of benzene rings is 1. The van der Waals surface area contributed by atoms with Gasteiger partial charge in [0.25, 0.3) is 0 Å². The van der Waals surface area contributed by atoms with Crippen LogP contribution in [0.3, 0.4) is 0 Å². The molecule has 1 aromatic carbocycles. The number of amides is 7. The topological polar surface area (TPSA) is 340 Å². The average Bonchev–Trinajstić information content (AvgIpc) is 3.80. The molecule has 10 atom stereocenters. The van der Waals surface area contributed by atoms with Crippen LogP contribution in [0.15, 0.2) is 23.2 Å². The van der Waals surface area contributed by atoms with Crippen LogP contribution in [0, 0.1) is 23.7 Å². The molecule has 22 heteroatoms. The lowest BCUT2D eigenvalue weighted by Crippen LogP contribution is -2.56. The molecule has 344 valence electrons. The molecule has 5 rings (SSSR count). The summed E-state index contributed by atoms with van der Waals surface area (Å²) in [6, 6.07) is -1.23. The molecule has 0 spiro atoms. The summed E-state index contributed by atoms with van der Waals surface area (Å²) in [5.41, 5.74) is 6.36. The van der Waals surface area contributed by atoms with Gasteiger partial charge in [-0.3, -0.25) is 43.2 Å². The summed E-state index contributed by atoms with van der Waals surface area (Å²) < 4.78 is 0. The van der Waals surface area contributed by atoms with Gasteiger partial charge >= 0.3 is 0 Å². The van der Waals surface area contributed by atoms with Crippen molar-refractivity contribution in [3.63, 3.8) is 0 Å². The van der Waals surface area contributed by atoms with Crippen molar-refractivity contribution in [2.45, 2.75) is 101 Å². The average molecular weight is 901 g/mol. The number of aromatic amines is 1. The second kappa shape index (κ2) is 21.2. The van der Waals surface area contributed by atoms with Gasteiger partial charge in [-0.15, -0.1) is 11.8 Å². The SMILES string of the molecule is CC[C@H](C)[C@@H]1NC(=O)CNC(=O)C2CC(=O)[C@H]([C@@H](C)[C@@H](O)CO)NC(=O)[C@@H]3CC(O)CN3C(=O)[C@H](CC(N)=O)CC(=O)C(CSc3[nH]c4cc(O)ccc4c3C2)NC(=O)CNC1=O. The van der Waals surface area contributed by atoms with Gasteiger partial charge < -0.3 is 62.6 Å². The van der Waals surface area contributed by atoms with Crippen molar-refractivity contribution >= 4 is 75.6 Å². The van der Waals surface area contributed by atoms with Gasteiger partial charge in [0.15, 0.2) is 11.6 Å². The van der Waals surface area contributed by atoms with Gasteiger partial charge in [0.2, 0.25) is 41.4 Å². The van der Waals surface area contributed by atoms with E-state index < -0.39 is 158 Å². The molecule has 1 aromatic heterocycles. The number of nitrogens with zero attached hydrogens (tertiary/aromatic N) is 1. The number of phenolic OH excluding ortho intramolecular Hbond substituents is 1. The zero-order valence-corrected chi connectivity index (χ0v) is 36.0.